The molecule has 0 aromatic rings. The molecule has 18 heavy (non-hydrogen) atoms. The van der Waals surface area contributed by atoms with Gasteiger partial charge in [-0.25, -0.2) is 0 Å². The Morgan fingerprint density at radius 2 is 1.94 bits per heavy atom. The van der Waals surface area contributed by atoms with Gasteiger partial charge in [0.25, 0.3) is 0 Å². The third kappa shape index (κ3) is 3.96. The van der Waals surface area contributed by atoms with Gasteiger partial charge in [0.15, 0.2) is 0 Å². The van der Waals surface area contributed by atoms with Gasteiger partial charge in [0.2, 0.25) is 0 Å². The molecule has 2 nitrogen and oxygen atoms in total. The van der Waals surface area contributed by atoms with E-state index in [1.807, 2.05) is 0 Å². The third-order valence-electron chi connectivity index (χ3n) is 4.95. The van der Waals surface area contributed by atoms with E-state index in [1.54, 1.807) is 0 Å². The number of likely N-dealkylation sites (tertiary alicyclic amines) is 1. The normalized spacial score (nSPS) is 31.0. The minimum atomic E-state index is 0.689. The number of fused-ring (bicyclic) bond motifs is 1. The maximum atomic E-state index is 3.62. The SMILES string of the molecule is CCCNC(C)CCN1CCC[C@H]2CCCC[C@H]21. The first-order chi connectivity index (χ1) is 8.81. The molecule has 1 aliphatic heterocycles. The van der Waals surface area contributed by atoms with Gasteiger partial charge in [-0.05, 0) is 71.0 Å². The van der Waals surface area contributed by atoms with Crippen LogP contribution in [-0.4, -0.2) is 36.6 Å². The summed E-state index contributed by atoms with van der Waals surface area (Å²) in [7, 11) is 0. The van der Waals surface area contributed by atoms with Gasteiger partial charge >= 0.3 is 0 Å². The van der Waals surface area contributed by atoms with Gasteiger partial charge in [-0.2, -0.15) is 0 Å². The molecule has 1 N–H and O–H groups in total. The molecule has 1 unspecified atom stereocenters. The van der Waals surface area contributed by atoms with E-state index in [-0.39, 0.29) is 0 Å². The molecule has 2 heteroatoms. The number of nitrogens with zero attached hydrogens (tertiary/aromatic N) is 1. The first-order valence-electron chi connectivity index (χ1n) is 8.28. The predicted molar refractivity (Wildman–Crippen MR) is 78.9 cm³/mol. The Bertz CT molecular complexity index is 227. The highest BCUT2D eigenvalue weighted by atomic mass is 15.2. The van der Waals surface area contributed by atoms with Gasteiger partial charge in [0.1, 0.15) is 0 Å². The average Bonchev–Trinajstić information content (AvgIpc) is 2.42. The van der Waals surface area contributed by atoms with Crippen molar-refractivity contribution in [1.82, 2.24) is 10.2 Å². The van der Waals surface area contributed by atoms with Crippen LogP contribution in [0.25, 0.3) is 0 Å². The zero-order valence-electron chi connectivity index (χ0n) is 12.5. The fraction of sp³-hybridized carbons (Fsp3) is 1.00. The highest BCUT2D eigenvalue weighted by Crippen LogP contribution is 2.35. The van der Waals surface area contributed by atoms with E-state index in [0.717, 1.165) is 12.0 Å². The van der Waals surface area contributed by atoms with Gasteiger partial charge in [-0.3, -0.25) is 0 Å². The van der Waals surface area contributed by atoms with Crippen molar-refractivity contribution < 1.29 is 0 Å². The van der Waals surface area contributed by atoms with Crippen molar-refractivity contribution in [3.8, 4) is 0 Å². The maximum Gasteiger partial charge on any atom is 0.0123 e. The number of nitrogens with one attached hydrogen (secondary N) is 1. The van der Waals surface area contributed by atoms with Crippen LogP contribution in [0.4, 0.5) is 0 Å². The molecule has 0 spiro atoms. The predicted octanol–water partition coefficient (Wildman–Crippen LogP) is 3.42. The molecule has 0 radical (unpaired) electrons. The summed E-state index contributed by atoms with van der Waals surface area (Å²) in [5.74, 6) is 1.03. The maximum absolute atomic E-state index is 3.62. The summed E-state index contributed by atoms with van der Waals surface area (Å²) in [6, 6.07) is 1.62. The summed E-state index contributed by atoms with van der Waals surface area (Å²) < 4.78 is 0. The number of hydrogen-bond acceptors (Lipinski definition) is 2. The molecular weight excluding hydrogens is 220 g/mol. The fourth-order valence-corrected chi connectivity index (χ4v) is 3.86. The Morgan fingerprint density at radius 3 is 2.78 bits per heavy atom. The standard InChI is InChI=1S/C16H32N2/c1-3-11-17-14(2)10-13-18-12-6-8-15-7-4-5-9-16(15)18/h14-17H,3-13H2,1-2H3/t14?,15-,16-/m1/s1. The van der Waals surface area contributed by atoms with Crippen LogP contribution in [0.5, 0.6) is 0 Å². The summed E-state index contributed by atoms with van der Waals surface area (Å²) in [4.78, 5) is 2.82. The lowest BCUT2D eigenvalue weighted by Crippen LogP contribution is -2.48. The molecule has 1 heterocycles. The molecule has 2 fully saturated rings. The van der Waals surface area contributed by atoms with Crippen LogP contribution in [0.2, 0.25) is 0 Å². The van der Waals surface area contributed by atoms with E-state index in [2.05, 4.69) is 24.1 Å². The van der Waals surface area contributed by atoms with E-state index >= 15 is 0 Å². The molecule has 0 bridgehead atoms. The molecule has 0 aromatic carbocycles. The van der Waals surface area contributed by atoms with Crippen LogP contribution < -0.4 is 5.32 Å². The van der Waals surface area contributed by atoms with Crippen molar-refractivity contribution in [2.75, 3.05) is 19.6 Å². The highest BCUT2D eigenvalue weighted by molar-refractivity contribution is 4.87. The van der Waals surface area contributed by atoms with Crippen LogP contribution in [0.15, 0.2) is 0 Å². The van der Waals surface area contributed by atoms with Gasteiger partial charge in [0.05, 0.1) is 0 Å². The van der Waals surface area contributed by atoms with Crippen molar-refractivity contribution >= 4 is 0 Å². The van der Waals surface area contributed by atoms with E-state index < -0.39 is 0 Å². The lowest BCUT2D eigenvalue weighted by atomic mass is 9.78. The number of hydrogen-bond donors (Lipinski definition) is 1. The zero-order chi connectivity index (χ0) is 12.8. The molecule has 0 amide bonds. The third-order valence-corrected chi connectivity index (χ3v) is 4.95. The van der Waals surface area contributed by atoms with Gasteiger partial charge in [-0.1, -0.05) is 19.8 Å². The van der Waals surface area contributed by atoms with Crippen molar-refractivity contribution in [2.24, 2.45) is 5.92 Å². The second kappa shape index (κ2) is 7.49. The zero-order valence-corrected chi connectivity index (χ0v) is 12.5. The summed E-state index contributed by atoms with van der Waals surface area (Å²) in [5, 5.41) is 3.62. The van der Waals surface area contributed by atoms with E-state index in [1.165, 1.54) is 71.0 Å². The Morgan fingerprint density at radius 1 is 1.17 bits per heavy atom. The minimum absolute atomic E-state index is 0.689. The Labute approximate surface area is 114 Å². The Hall–Kier alpha value is -0.0800. The second-order valence-electron chi connectivity index (χ2n) is 6.43. The van der Waals surface area contributed by atoms with Crippen LogP contribution in [0.3, 0.4) is 0 Å². The second-order valence-corrected chi connectivity index (χ2v) is 6.43. The van der Waals surface area contributed by atoms with Crippen LogP contribution in [0, 0.1) is 5.92 Å². The largest absolute Gasteiger partial charge is 0.314 e. The summed E-state index contributed by atoms with van der Waals surface area (Å²) in [6.45, 7) is 8.45. The molecule has 2 aliphatic rings. The number of rotatable bonds is 6. The molecule has 2 rings (SSSR count). The van der Waals surface area contributed by atoms with E-state index in [0.29, 0.717) is 6.04 Å². The van der Waals surface area contributed by atoms with Crippen molar-refractivity contribution in [3.05, 3.63) is 0 Å². The summed E-state index contributed by atoms with van der Waals surface area (Å²) in [5.41, 5.74) is 0. The monoisotopic (exact) mass is 252 g/mol. The minimum Gasteiger partial charge on any atom is -0.314 e. The summed E-state index contributed by atoms with van der Waals surface area (Å²) >= 11 is 0. The van der Waals surface area contributed by atoms with Crippen molar-refractivity contribution in [2.45, 2.75) is 77.3 Å². The number of piperidine rings is 1. The highest BCUT2D eigenvalue weighted by Gasteiger charge is 2.32. The van der Waals surface area contributed by atoms with Crippen LogP contribution in [-0.2, 0) is 0 Å². The lowest BCUT2D eigenvalue weighted by molar-refractivity contribution is 0.0581. The molecule has 1 saturated carbocycles. The van der Waals surface area contributed by atoms with E-state index in [4.69, 9.17) is 0 Å². The quantitative estimate of drug-likeness (QED) is 0.779. The first kappa shape index (κ1) is 14.3. The average molecular weight is 252 g/mol. The topological polar surface area (TPSA) is 15.3 Å². The van der Waals surface area contributed by atoms with Gasteiger partial charge in [0, 0.05) is 12.1 Å². The molecule has 1 saturated heterocycles. The van der Waals surface area contributed by atoms with E-state index in [9.17, 15) is 0 Å². The van der Waals surface area contributed by atoms with Crippen molar-refractivity contribution in [1.29, 1.82) is 0 Å². The van der Waals surface area contributed by atoms with Crippen LogP contribution in [0.1, 0.15) is 65.2 Å². The molecule has 106 valence electrons. The molecule has 3 atom stereocenters. The Kier molecular flexibility index (Phi) is 5.97. The van der Waals surface area contributed by atoms with Crippen molar-refractivity contribution in [3.63, 3.8) is 0 Å². The smallest absolute Gasteiger partial charge is 0.0123 e. The first-order valence-corrected chi connectivity index (χ1v) is 8.28. The Balaban J connectivity index is 1.73. The fourth-order valence-electron chi connectivity index (χ4n) is 3.86. The summed E-state index contributed by atoms with van der Waals surface area (Å²) in [6.07, 6.45) is 11.5. The van der Waals surface area contributed by atoms with Gasteiger partial charge < -0.3 is 10.2 Å². The molecular formula is C16H32N2. The van der Waals surface area contributed by atoms with Crippen LogP contribution >= 0.6 is 0 Å². The molecule has 1 aliphatic carbocycles. The van der Waals surface area contributed by atoms with Gasteiger partial charge in [-0.15, -0.1) is 0 Å². The lowest BCUT2D eigenvalue weighted by Gasteiger charge is -2.44. The molecule has 0 aromatic heterocycles.